The molecule has 1 amide bonds. The van der Waals surface area contributed by atoms with E-state index in [4.69, 9.17) is 4.74 Å². The fraction of sp³-hybridized carbons (Fsp3) is 0.250. The molecule has 2 heterocycles. The Balaban J connectivity index is 2.08. The minimum atomic E-state index is -0.707. The molecule has 1 aromatic carbocycles. The molecule has 2 aromatic rings. The van der Waals surface area contributed by atoms with Crippen LogP contribution in [-0.2, 0) is 9.59 Å². The number of carbonyl (C=O) groups excluding carboxylic acids is 2. The first-order valence-electron chi connectivity index (χ1n) is 8.51. The molecule has 134 valence electrons. The van der Waals surface area contributed by atoms with Gasteiger partial charge in [0.15, 0.2) is 11.5 Å². The van der Waals surface area contributed by atoms with Gasteiger partial charge in [-0.3, -0.25) is 19.5 Å². The van der Waals surface area contributed by atoms with Crippen molar-refractivity contribution in [2.45, 2.75) is 26.3 Å². The van der Waals surface area contributed by atoms with Crippen molar-refractivity contribution in [3.63, 3.8) is 0 Å². The highest BCUT2D eigenvalue weighted by atomic mass is 16.5. The zero-order valence-corrected chi connectivity index (χ0v) is 14.7. The Hall–Kier alpha value is -3.15. The van der Waals surface area contributed by atoms with Crippen molar-refractivity contribution in [2.75, 3.05) is 11.5 Å². The number of pyridine rings is 1. The zero-order chi connectivity index (χ0) is 18.7. The van der Waals surface area contributed by atoms with Gasteiger partial charge < -0.3 is 9.84 Å². The predicted octanol–water partition coefficient (Wildman–Crippen LogP) is 3.36. The van der Waals surface area contributed by atoms with Crippen LogP contribution in [0.3, 0.4) is 0 Å². The third-order valence-corrected chi connectivity index (χ3v) is 4.26. The summed E-state index contributed by atoms with van der Waals surface area (Å²) < 4.78 is 5.43. The lowest BCUT2D eigenvalue weighted by atomic mass is 9.96. The molecule has 6 heteroatoms. The number of aliphatic hydroxyl groups is 1. The number of amides is 1. The van der Waals surface area contributed by atoms with Crippen molar-refractivity contribution in [1.29, 1.82) is 0 Å². The van der Waals surface area contributed by atoms with E-state index in [9.17, 15) is 14.7 Å². The third-order valence-electron chi connectivity index (χ3n) is 4.26. The van der Waals surface area contributed by atoms with Crippen molar-refractivity contribution < 1.29 is 19.4 Å². The van der Waals surface area contributed by atoms with Gasteiger partial charge in [-0.05, 0) is 42.8 Å². The fourth-order valence-corrected chi connectivity index (χ4v) is 3.07. The number of aromatic nitrogens is 1. The van der Waals surface area contributed by atoms with E-state index in [1.165, 1.54) is 4.90 Å². The van der Waals surface area contributed by atoms with Crippen molar-refractivity contribution in [3.05, 3.63) is 65.7 Å². The second-order valence-corrected chi connectivity index (χ2v) is 5.83. The number of rotatable bonds is 6. The number of ether oxygens (including phenoxy) is 1. The number of nitrogens with zero attached hydrogens (tertiary/aromatic N) is 2. The zero-order valence-electron chi connectivity index (χ0n) is 14.7. The highest BCUT2D eigenvalue weighted by molar-refractivity contribution is 6.16. The molecule has 1 aromatic heterocycles. The molecule has 3 rings (SSSR count). The maximum Gasteiger partial charge on any atom is 0.294 e. The highest BCUT2D eigenvalue weighted by Gasteiger charge is 2.43. The van der Waals surface area contributed by atoms with Crippen molar-refractivity contribution in [3.8, 4) is 5.75 Å². The van der Waals surface area contributed by atoms with Crippen LogP contribution in [0.5, 0.6) is 5.75 Å². The maximum atomic E-state index is 12.7. The number of anilines is 1. The van der Waals surface area contributed by atoms with Gasteiger partial charge in [-0.1, -0.05) is 13.0 Å². The molecule has 1 aliphatic rings. The molecule has 1 N–H and O–H groups in total. The van der Waals surface area contributed by atoms with Crippen molar-refractivity contribution >= 4 is 17.4 Å². The van der Waals surface area contributed by atoms with E-state index in [0.717, 1.165) is 0 Å². The van der Waals surface area contributed by atoms with E-state index in [2.05, 4.69) is 4.98 Å². The minimum absolute atomic E-state index is 0.111. The van der Waals surface area contributed by atoms with Gasteiger partial charge in [-0.15, -0.1) is 0 Å². The van der Waals surface area contributed by atoms with Crippen LogP contribution >= 0.6 is 0 Å². The number of Topliss-reactive ketones (excluding diaryl/α,β-unsaturated/α-hetero) is 1. The highest BCUT2D eigenvalue weighted by Crippen LogP contribution is 2.41. The normalized spacial score (nSPS) is 16.9. The quantitative estimate of drug-likeness (QED) is 0.862. The van der Waals surface area contributed by atoms with Crippen LogP contribution in [0.2, 0.25) is 0 Å². The Bertz CT molecular complexity index is 844. The Morgan fingerprint density at radius 1 is 1.23 bits per heavy atom. The van der Waals surface area contributed by atoms with Crippen LogP contribution in [-0.4, -0.2) is 28.4 Å². The van der Waals surface area contributed by atoms with E-state index >= 15 is 0 Å². The molecular formula is C20H20N2O4. The topological polar surface area (TPSA) is 79.7 Å². The summed E-state index contributed by atoms with van der Waals surface area (Å²) in [7, 11) is 0. The van der Waals surface area contributed by atoms with Crippen molar-refractivity contribution in [2.24, 2.45) is 0 Å². The molecule has 0 bridgehead atoms. The second kappa shape index (κ2) is 7.39. The van der Waals surface area contributed by atoms with E-state index in [0.29, 0.717) is 23.6 Å². The average molecular weight is 352 g/mol. The summed E-state index contributed by atoms with van der Waals surface area (Å²) in [5, 5.41) is 10.4. The lowest BCUT2D eigenvalue weighted by Gasteiger charge is -2.26. The predicted molar refractivity (Wildman–Crippen MR) is 97.0 cm³/mol. The molecule has 1 atom stereocenters. The number of aliphatic hydroxyl groups excluding tert-OH is 1. The monoisotopic (exact) mass is 352 g/mol. The van der Waals surface area contributed by atoms with Crippen molar-refractivity contribution in [1.82, 2.24) is 4.98 Å². The second-order valence-electron chi connectivity index (χ2n) is 5.83. The Labute approximate surface area is 151 Å². The first-order chi connectivity index (χ1) is 12.6. The lowest BCUT2D eigenvalue weighted by Crippen LogP contribution is -2.31. The summed E-state index contributed by atoms with van der Waals surface area (Å²) in [6.07, 6.45) is 3.41. The van der Waals surface area contributed by atoms with Gasteiger partial charge in [-0.2, -0.15) is 0 Å². The van der Waals surface area contributed by atoms with Crippen LogP contribution in [0.4, 0.5) is 5.69 Å². The van der Waals surface area contributed by atoms with Crippen LogP contribution < -0.4 is 9.64 Å². The molecule has 1 aliphatic heterocycles. The average Bonchev–Trinajstić information content (AvgIpc) is 2.94. The molecular weight excluding hydrogens is 332 g/mol. The number of hydrogen-bond donors (Lipinski definition) is 1. The van der Waals surface area contributed by atoms with Gasteiger partial charge in [0.05, 0.1) is 18.2 Å². The minimum Gasteiger partial charge on any atom is -0.503 e. The number of benzene rings is 1. The molecule has 0 aliphatic carbocycles. The summed E-state index contributed by atoms with van der Waals surface area (Å²) in [5.74, 6) is -0.680. The van der Waals surface area contributed by atoms with Crippen LogP contribution in [0.1, 0.15) is 31.9 Å². The number of carbonyl (C=O) groups is 2. The molecule has 1 unspecified atom stereocenters. The molecule has 6 nitrogen and oxygen atoms in total. The molecule has 0 spiro atoms. The van der Waals surface area contributed by atoms with Crippen LogP contribution in [0.25, 0.3) is 0 Å². The Morgan fingerprint density at radius 3 is 2.54 bits per heavy atom. The van der Waals surface area contributed by atoms with Crippen LogP contribution in [0.15, 0.2) is 60.1 Å². The van der Waals surface area contributed by atoms with E-state index in [1.54, 1.807) is 55.7 Å². The van der Waals surface area contributed by atoms with E-state index in [1.807, 2.05) is 6.92 Å². The summed E-state index contributed by atoms with van der Waals surface area (Å²) >= 11 is 0. The molecule has 26 heavy (non-hydrogen) atoms. The summed E-state index contributed by atoms with van der Waals surface area (Å²) in [6, 6.07) is 9.79. The molecule has 0 fully saturated rings. The molecule has 0 saturated heterocycles. The van der Waals surface area contributed by atoms with Gasteiger partial charge in [0.25, 0.3) is 5.91 Å². The summed E-state index contributed by atoms with van der Waals surface area (Å²) in [5.41, 5.74) is 1.34. The van der Waals surface area contributed by atoms with Gasteiger partial charge in [-0.25, -0.2) is 0 Å². The van der Waals surface area contributed by atoms with Crippen LogP contribution in [0, 0.1) is 0 Å². The third kappa shape index (κ3) is 3.06. The van der Waals surface area contributed by atoms with Gasteiger partial charge in [0, 0.05) is 24.5 Å². The van der Waals surface area contributed by atoms with E-state index < -0.39 is 17.7 Å². The lowest BCUT2D eigenvalue weighted by molar-refractivity contribution is -0.118. The SMILES string of the molecule is CCOc1ccc(N2C(=O)C(O)=C(C(=O)CC)C2c2cccnc2)cc1. The largest absolute Gasteiger partial charge is 0.503 e. The smallest absolute Gasteiger partial charge is 0.294 e. The number of ketones is 1. The number of hydrogen-bond acceptors (Lipinski definition) is 5. The fourth-order valence-electron chi connectivity index (χ4n) is 3.07. The standard InChI is InChI=1S/C20H20N2O4/c1-3-16(23)17-18(13-6-5-11-21-12-13)22(20(25)19(17)24)14-7-9-15(10-8-14)26-4-2/h5-12,18,24H,3-4H2,1-2H3. The molecule has 0 radical (unpaired) electrons. The first kappa shape index (κ1) is 17.7. The Morgan fingerprint density at radius 2 is 1.96 bits per heavy atom. The summed E-state index contributed by atoms with van der Waals surface area (Å²) in [4.78, 5) is 30.7. The Kier molecular flexibility index (Phi) is 5.02. The van der Waals surface area contributed by atoms with Gasteiger partial charge in [0.1, 0.15) is 5.75 Å². The maximum absolute atomic E-state index is 12.7. The first-order valence-corrected chi connectivity index (χ1v) is 8.51. The summed E-state index contributed by atoms with van der Waals surface area (Å²) in [6.45, 7) is 4.13. The van der Waals surface area contributed by atoms with Gasteiger partial charge >= 0.3 is 0 Å². The molecule has 0 saturated carbocycles. The van der Waals surface area contributed by atoms with Gasteiger partial charge in [0.2, 0.25) is 0 Å². The van der Waals surface area contributed by atoms with E-state index in [-0.39, 0.29) is 17.8 Å².